The quantitative estimate of drug-likeness (QED) is 0.848. The summed E-state index contributed by atoms with van der Waals surface area (Å²) in [5, 5.41) is 12.0. The molecule has 0 atom stereocenters. The average molecular weight is 248 g/mol. The Balaban J connectivity index is 2.58. The molecule has 2 N–H and O–H groups in total. The highest BCUT2D eigenvalue weighted by Gasteiger charge is 2.14. The topological polar surface area (TPSA) is 67.2 Å². The van der Waals surface area contributed by atoms with E-state index in [1.165, 1.54) is 4.68 Å². The first kappa shape index (κ1) is 12.4. The van der Waals surface area contributed by atoms with E-state index in [1.807, 2.05) is 19.1 Å². The number of aliphatic hydroxyl groups excluding tert-OH is 1. The van der Waals surface area contributed by atoms with E-state index in [0.717, 1.165) is 5.69 Å². The van der Waals surface area contributed by atoms with E-state index >= 15 is 0 Å². The molecule has 5 nitrogen and oxygen atoms in total. The van der Waals surface area contributed by atoms with Crippen LogP contribution in [0.5, 0.6) is 5.75 Å². The number of hydrogen-bond acceptors (Lipinski definition) is 3. The molecule has 2 aromatic rings. The van der Waals surface area contributed by atoms with Gasteiger partial charge >= 0.3 is 0 Å². The second-order valence-corrected chi connectivity index (χ2v) is 4.00. The number of ether oxygens (including phenoxy) is 1. The largest absolute Gasteiger partial charge is 0.494 e. The van der Waals surface area contributed by atoms with Crippen molar-refractivity contribution in [2.45, 2.75) is 13.3 Å². The lowest BCUT2D eigenvalue weighted by atomic mass is 10.2. The summed E-state index contributed by atoms with van der Waals surface area (Å²) >= 11 is 0. The third kappa shape index (κ3) is 2.04. The summed E-state index contributed by atoms with van der Waals surface area (Å²) in [5.74, 6) is 0.622. The normalized spacial score (nSPS) is 10.6. The Morgan fingerprint density at radius 1 is 1.39 bits per heavy atom. The van der Waals surface area contributed by atoms with Crippen molar-refractivity contribution < 1.29 is 9.84 Å². The SMILES string of the molecule is COc1ccccc1-n1[nH]c(C)c(CCO)c1=O. The molecule has 0 amide bonds. The summed E-state index contributed by atoms with van der Waals surface area (Å²) in [4.78, 5) is 12.2. The van der Waals surface area contributed by atoms with E-state index in [0.29, 0.717) is 23.4 Å². The standard InChI is InChI=1S/C13H16N2O3/c1-9-10(7-8-16)13(17)15(14-9)11-5-3-4-6-12(11)18-2/h3-6,14,16H,7-8H2,1-2H3. The van der Waals surface area contributed by atoms with E-state index in [9.17, 15) is 4.79 Å². The molecule has 18 heavy (non-hydrogen) atoms. The molecule has 0 aliphatic heterocycles. The van der Waals surface area contributed by atoms with E-state index in [-0.39, 0.29) is 12.2 Å². The van der Waals surface area contributed by atoms with Gasteiger partial charge in [-0.2, -0.15) is 0 Å². The highest BCUT2D eigenvalue weighted by atomic mass is 16.5. The summed E-state index contributed by atoms with van der Waals surface area (Å²) < 4.78 is 6.68. The Labute approximate surface area is 105 Å². The number of benzene rings is 1. The summed E-state index contributed by atoms with van der Waals surface area (Å²) in [6.07, 6.45) is 0.351. The van der Waals surface area contributed by atoms with E-state index < -0.39 is 0 Å². The molecule has 1 heterocycles. The summed E-state index contributed by atoms with van der Waals surface area (Å²) in [6, 6.07) is 7.28. The van der Waals surface area contributed by atoms with Gasteiger partial charge in [0.15, 0.2) is 0 Å². The van der Waals surface area contributed by atoms with Gasteiger partial charge in [-0.3, -0.25) is 9.89 Å². The van der Waals surface area contributed by atoms with Gasteiger partial charge in [-0.15, -0.1) is 0 Å². The lowest BCUT2D eigenvalue weighted by Gasteiger charge is -2.07. The van der Waals surface area contributed by atoms with Crippen molar-refractivity contribution >= 4 is 0 Å². The zero-order valence-electron chi connectivity index (χ0n) is 10.4. The number of para-hydroxylation sites is 2. The van der Waals surface area contributed by atoms with Crippen LogP contribution in [-0.4, -0.2) is 28.6 Å². The Kier molecular flexibility index (Phi) is 3.53. The molecular weight excluding hydrogens is 232 g/mol. The smallest absolute Gasteiger partial charge is 0.274 e. The van der Waals surface area contributed by atoms with Crippen molar-refractivity contribution in [3.63, 3.8) is 0 Å². The molecule has 1 aromatic heterocycles. The lowest BCUT2D eigenvalue weighted by Crippen LogP contribution is -2.18. The Bertz CT molecular complexity index is 599. The van der Waals surface area contributed by atoms with Crippen molar-refractivity contribution in [1.82, 2.24) is 9.78 Å². The predicted molar refractivity (Wildman–Crippen MR) is 68.5 cm³/mol. The minimum Gasteiger partial charge on any atom is -0.494 e. The van der Waals surface area contributed by atoms with Gasteiger partial charge in [0.05, 0.1) is 7.11 Å². The second kappa shape index (κ2) is 5.10. The van der Waals surface area contributed by atoms with Crippen LogP contribution in [0.4, 0.5) is 0 Å². The van der Waals surface area contributed by atoms with Gasteiger partial charge in [0.25, 0.3) is 5.56 Å². The van der Waals surface area contributed by atoms with Crippen LogP contribution in [0.3, 0.4) is 0 Å². The fraction of sp³-hybridized carbons (Fsp3) is 0.308. The number of methoxy groups -OCH3 is 1. The third-order valence-corrected chi connectivity index (χ3v) is 2.88. The first-order valence-corrected chi connectivity index (χ1v) is 5.73. The zero-order valence-corrected chi connectivity index (χ0v) is 10.4. The van der Waals surface area contributed by atoms with Gasteiger partial charge in [-0.05, 0) is 19.1 Å². The fourth-order valence-corrected chi connectivity index (χ4v) is 1.97. The number of aromatic amines is 1. The average Bonchev–Trinajstić information content (AvgIpc) is 2.67. The summed E-state index contributed by atoms with van der Waals surface area (Å²) in [6.45, 7) is 1.78. The molecule has 5 heteroatoms. The van der Waals surface area contributed by atoms with Crippen LogP contribution in [0.2, 0.25) is 0 Å². The highest BCUT2D eigenvalue weighted by Crippen LogP contribution is 2.20. The first-order chi connectivity index (χ1) is 8.69. The molecule has 0 aliphatic rings. The number of nitrogens with zero attached hydrogens (tertiary/aromatic N) is 1. The van der Waals surface area contributed by atoms with Gasteiger partial charge < -0.3 is 9.84 Å². The molecule has 2 rings (SSSR count). The van der Waals surface area contributed by atoms with Crippen molar-refractivity contribution in [3.05, 3.63) is 45.9 Å². The van der Waals surface area contributed by atoms with Crippen molar-refractivity contribution in [2.24, 2.45) is 0 Å². The molecule has 0 unspecified atom stereocenters. The number of aromatic nitrogens is 2. The Morgan fingerprint density at radius 2 is 2.11 bits per heavy atom. The summed E-state index contributed by atoms with van der Waals surface area (Å²) in [7, 11) is 1.56. The fourth-order valence-electron chi connectivity index (χ4n) is 1.97. The highest BCUT2D eigenvalue weighted by molar-refractivity contribution is 5.46. The van der Waals surface area contributed by atoms with Crippen LogP contribution in [0.1, 0.15) is 11.3 Å². The molecule has 0 aliphatic carbocycles. The Morgan fingerprint density at radius 3 is 2.78 bits per heavy atom. The van der Waals surface area contributed by atoms with Crippen molar-refractivity contribution in [2.75, 3.05) is 13.7 Å². The molecule has 96 valence electrons. The minimum atomic E-state index is -0.147. The van der Waals surface area contributed by atoms with Crippen LogP contribution in [0.15, 0.2) is 29.1 Å². The molecular formula is C13H16N2O3. The Hall–Kier alpha value is -2.01. The minimum absolute atomic E-state index is 0.0418. The van der Waals surface area contributed by atoms with Crippen LogP contribution in [0.25, 0.3) is 5.69 Å². The maximum absolute atomic E-state index is 12.2. The predicted octanol–water partition coefficient (Wildman–Crippen LogP) is 1.02. The van der Waals surface area contributed by atoms with Crippen molar-refractivity contribution in [3.8, 4) is 11.4 Å². The van der Waals surface area contributed by atoms with E-state index in [2.05, 4.69) is 5.10 Å². The van der Waals surface area contributed by atoms with Crippen LogP contribution < -0.4 is 10.3 Å². The monoisotopic (exact) mass is 248 g/mol. The number of aliphatic hydroxyl groups is 1. The lowest BCUT2D eigenvalue weighted by molar-refractivity contribution is 0.299. The molecule has 0 saturated carbocycles. The van der Waals surface area contributed by atoms with Gasteiger partial charge in [-0.1, -0.05) is 12.1 Å². The maximum Gasteiger partial charge on any atom is 0.274 e. The number of H-pyrrole nitrogens is 1. The van der Waals surface area contributed by atoms with Gasteiger partial charge in [-0.25, -0.2) is 4.68 Å². The molecule has 1 aromatic carbocycles. The molecule has 0 fully saturated rings. The number of hydrogen-bond donors (Lipinski definition) is 2. The number of rotatable bonds is 4. The van der Waals surface area contributed by atoms with Gasteiger partial charge in [0, 0.05) is 24.3 Å². The molecule has 0 bridgehead atoms. The van der Waals surface area contributed by atoms with Crippen LogP contribution in [0, 0.1) is 6.92 Å². The molecule has 0 saturated heterocycles. The number of aryl methyl sites for hydroxylation is 1. The summed E-state index contributed by atoms with van der Waals surface area (Å²) in [5.41, 5.74) is 1.88. The molecule has 0 radical (unpaired) electrons. The third-order valence-electron chi connectivity index (χ3n) is 2.88. The maximum atomic E-state index is 12.2. The van der Waals surface area contributed by atoms with Crippen LogP contribution in [-0.2, 0) is 6.42 Å². The first-order valence-electron chi connectivity index (χ1n) is 5.73. The molecule has 0 spiro atoms. The van der Waals surface area contributed by atoms with Gasteiger partial charge in [0.1, 0.15) is 11.4 Å². The second-order valence-electron chi connectivity index (χ2n) is 4.00. The number of nitrogens with one attached hydrogen (secondary N) is 1. The zero-order chi connectivity index (χ0) is 13.1. The van der Waals surface area contributed by atoms with Gasteiger partial charge in [0.2, 0.25) is 0 Å². The van der Waals surface area contributed by atoms with E-state index in [1.54, 1.807) is 19.2 Å². The van der Waals surface area contributed by atoms with E-state index in [4.69, 9.17) is 9.84 Å². The van der Waals surface area contributed by atoms with Crippen molar-refractivity contribution in [1.29, 1.82) is 0 Å². The van der Waals surface area contributed by atoms with Crippen LogP contribution >= 0.6 is 0 Å².